The van der Waals surface area contributed by atoms with Crippen LogP contribution in [0.3, 0.4) is 0 Å². The Morgan fingerprint density at radius 3 is 3.00 bits per heavy atom. The number of hydrogen-bond acceptors (Lipinski definition) is 5. The van der Waals surface area contributed by atoms with Crippen molar-refractivity contribution in [3.05, 3.63) is 34.9 Å². The van der Waals surface area contributed by atoms with Crippen LogP contribution in [-0.2, 0) is 0 Å². The fraction of sp³-hybridized carbons (Fsp3) is 0.125. The Morgan fingerprint density at radius 1 is 1.71 bits per heavy atom. The Bertz CT molecular complexity index is 365. The standard InChI is InChI=1S/C8H9N3O3/c1-2-5-14-8-6(11(12)13)3-4-7(9)10-8/h2-4H,1,5H2,(H2,9,10). The first-order valence-electron chi connectivity index (χ1n) is 3.79. The minimum absolute atomic E-state index is 0.0881. The van der Waals surface area contributed by atoms with Crippen molar-refractivity contribution in [2.45, 2.75) is 0 Å². The summed E-state index contributed by atoms with van der Waals surface area (Å²) < 4.78 is 4.98. The molecule has 6 heteroatoms. The lowest BCUT2D eigenvalue weighted by atomic mass is 10.4. The molecule has 0 aromatic carbocycles. The molecule has 2 N–H and O–H groups in total. The van der Waals surface area contributed by atoms with E-state index in [1.807, 2.05) is 0 Å². The van der Waals surface area contributed by atoms with E-state index >= 15 is 0 Å². The van der Waals surface area contributed by atoms with Crippen molar-refractivity contribution >= 4 is 11.5 Å². The number of pyridine rings is 1. The zero-order valence-electron chi connectivity index (χ0n) is 7.34. The van der Waals surface area contributed by atoms with E-state index in [0.717, 1.165) is 0 Å². The third-order valence-electron chi connectivity index (χ3n) is 1.40. The predicted octanol–water partition coefficient (Wildman–Crippen LogP) is 1.14. The van der Waals surface area contributed by atoms with E-state index in [0.29, 0.717) is 0 Å². The first-order chi connectivity index (χ1) is 6.65. The molecule has 0 aliphatic heterocycles. The molecule has 0 saturated heterocycles. The van der Waals surface area contributed by atoms with Gasteiger partial charge in [0.2, 0.25) is 0 Å². The van der Waals surface area contributed by atoms with Gasteiger partial charge in [0, 0.05) is 6.07 Å². The largest absolute Gasteiger partial charge is 0.469 e. The zero-order valence-corrected chi connectivity index (χ0v) is 7.34. The average molecular weight is 195 g/mol. The van der Waals surface area contributed by atoms with Gasteiger partial charge in [-0.15, -0.1) is 0 Å². The van der Waals surface area contributed by atoms with Gasteiger partial charge in [0.15, 0.2) is 0 Å². The molecule has 1 aromatic heterocycles. The first kappa shape index (κ1) is 9.97. The highest BCUT2D eigenvalue weighted by atomic mass is 16.6. The monoisotopic (exact) mass is 195 g/mol. The Kier molecular flexibility index (Phi) is 3.01. The average Bonchev–Trinajstić information content (AvgIpc) is 2.14. The minimum atomic E-state index is -0.579. The number of hydrogen-bond donors (Lipinski definition) is 1. The summed E-state index contributed by atoms with van der Waals surface area (Å²) in [5.74, 6) is 0.0876. The molecule has 0 aliphatic carbocycles. The van der Waals surface area contributed by atoms with Gasteiger partial charge in [-0.3, -0.25) is 10.1 Å². The minimum Gasteiger partial charge on any atom is -0.469 e. The maximum Gasteiger partial charge on any atom is 0.331 e. The van der Waals surface area contributed by atoms with Crippen LogP contribution in [0.4, 0.5) is 11.5 Å². The van der Waals surface area contributed by atoms with Crippen molar-refractivity contribution in [2.24, 2.45) is 0 Å². The Labute approximate surface area is 80.2 Å². The van der Waals surface area contributed by atoms with Gasteiger partial charge in [-0.05, 0) is 6.07 Å². The number of nitro groups is 1. The number of nitrogen functional groups attached to an aromatic ring is 1. The summed E-state index contributed by atoms with van der Waals surface area (Å²) >= 11 is 0. The molecule has 0 unspecified atom stereocenters. The number of nitrogens with zero attached hydrogens (tertiary/aromatic N) is 2. The summed E-state index contributed by atoms with van der Waals surface area (Å²) in [5.41, 5.74) is 5.15. The summed E-state index contributed by atoms with van der Waals surface area (Å²) in [6, 6.07) is 2.60. The van der Waals surface area contributed by atoms with Gasteiger partial charge < -0.3 is 10.5 Å². The van der Waals surface area contributed by atoms with E-state index in [4.69, 9.17) is 10.5 Å². The lowest BCUT2D eigenvalue weighted by molar-refractivity contribution is -0.386. The van der Waals surface area contributed by atoms with Crippen LogP contribution in [0.15, 0.2) is 24.8 Å². The van der Waals surface area contributed by atoms with E-state index in [9.17, 15) is 10.1 Å². The molecule has 0 radical (unpaired) electrons. The molecule has 1 aromatic rings. The molecule has 0 spiro atoms. The van der Waals surface area contributed by atoms with Crippen LogP contribution < -0.4 is 10.5 Å². The van der Waals surface area contributed by atoms with Gasteiger partial charge >= 0.3 is 5.69 Å². The topological polar surface area (TPSA) is 91.3 Å². The normalized spacial score (nSPS) is 9.43. The molecular weight excluding hydrogens is 186 g/mol. The number of anilines is 1. The van der Waals surface area contributed by atoms with E-state index in [1.165, 1.54) is 18.2 Å². The smallest absolute Gasteiger partial charge is 0.331 e. The highest BCUT2D eigenvalue weighted by Crippen LogP contribution is 2.24. The maximum atomic E-state index is 10.5. The lowest BCUT2D eigenvalue weighted by Crippen LogP contribution is -2.02. The molecule has 0 aliphatic rings. The van der Waals surface area contributed by atoms with Crippen molar-refractivity contribution in [1.82, 2.24) is 4.98 Å². The Balaban J connectivity index is 3.02. The quantitative estimate of drug-likeness (QED) is 0.441. The molecule has 74 valence electrons. The van der Waals surface area contributed by atoms with E-state index in [-0.39, 0.29) is 24.0 Å². The summed E-state index contributed by atoms with van der Waals surface area (Å²) in [5, 5.41) is 10.5. The Morgan fingerprint density at radius 2 is 2.43 bits per heavy atom. The van der Waals surface area contributed by atoms with Crippen LogP contribution in [0.1, 0.15) is 0 Å². The fourth-order valence-electron chi connectivity index (χ4n) is 0.830. The SMILES string of the molecule is C=CCOc1nc(N)ccc1[N+](=O)[O-]. The summed E-state index contributed by atoms with van der Waals surface area (Å²) in [7, 11) is 0. The zero-order chi connectivity index (χ0) is 10.6. The third-order valence-corrected chi connectivity index (χ3v) is 1.40. The number of ether oxygens (including phenoxy) is 1. The van der Waals surface area contributed by atoms with Gasteiger partial charge in [-0.2, -0.15) is 4.98 Å². The second-order valence-electron chi connectivity index (χ2n) is 2.42. The van der Waals surface area contributed by atoms with Gasteiger partial charge in [0.25, 0.3) is 5.88 Å². The summed E-state index contributed by atoms with van der Waals surface area (Å²) in [6.45, 7) is 3.57. The van der Waals surface area contributed by atoms with Crippen molar-refractivity contribution < 1.29 is 9.66 Å². The molecule has 0 amide bonds. The van der Waals surface area contributed by atoms with Crippen LogP contribution in [0.2, 0.25) is 0 Å². The maximum absolute atomic E-state index is 10.5. The van der Waals surface area contributed by atoms with Crippen LogP contribution in [-0.4, -0.2) is 16.5 Å². The second-order valence-corrected chi connectivity index (χ2v) is 2.42. The molecule has 0 fully saturated rings. The van der Waals surface area contributed by atoms with E-state index in [2.05, 4.69) is 11.6 Å². The van der Waals surface area contributed by atoms with Gasteiger partial charge in [0.05, 0.1) is 4.92 Å². The van der Waals surface area contributed by atoms with Gasteiger partial charge in [-0.25, -0.2) is 0 Å². The van der Waals surface area contributed by atoms with Crippen LogP contribution in [0.25, 0.3) is 0 Å². The highest BCUT2D eigenvalue weighted by Gasteiger charge is 2.16. The summed E-state index contributed by atoms with van der Waals surface area (Å²) in [4.78, 5) is 13.6. The van der Waals surface area contributed by atoms with E-state index < -0.39 is 4.92 Å². The highest BCUT2D eigenvalue weighted by molar-refractivity contribution is 5.46. The number of aromatic nitrogens is 1. The molecule has 1 rings (SSSR count). The van der Waals surface area contributed by atoms with Crippen LogP contribution in [0.5, 0.6) is 5.88 Å². The van der Waals surface area contributed by atoms with Gasteiger partial charge in [0.1, 0.15) is 12.4 Å². The second kappa shape index (κ2) is 4.22. The molecule has 6 nitrogen and oxygen atoms in total. The van der Waals surface area contributed by atoms with E-state index in [1.54, 1.807) is 0 Å². The molecule has 1 heterocycles. The molecule has 0 saturated carbocycles. The summed E-state index contributed by atoms with van der Waals surface area (Å²) in [6.07, 6.45) is 1.47. The van der Waals surface area contributed by atoms with Gasteiger partial charge in [-0.1, -0.05) is 12.7 Å². The van der Waals surface area contributed by atoms with Crippen molar-refractivity contribution in [2.75, 3.05) is 12.3 Å². The fourth-order valence-corrected chi connectivity index (χ4v) is 0.830. The molecule has 0 atom stereocenters. The molecular formula is C8H9N3O3. The lowest BCUT2D eigenvalue weighted by Gasteiger charge is -2.02. The van der Waals surface area contributed by atoms with Crippen molar-refractivity contribution in [3.8, 4) is 5.88 Å². The third kappa shape index (κ3) is 2.19. The Hall–Kier alpha value is -2.11. The first-order valence-corrected chi connectivity index (χ1v) is 3.79. The molecule has 0 bridgehead atoms. The van der Waals surface area contributed by atoms with Crippen LogP contribution >= 0.6 is 0 Å². The molecule has 14 heavy (non-hydrogen) atoms. The van der Waals surface area contributed by atoms with Crippen LogP contribution in [0, 0.1) is 10.1 Å². The van der Waals surface area contributed by atoms with Crippen molar-refractivity contribution in [1.29, 1.82) is 0 Å². The van der Waals surface area contributed by atoms with Crippen molar-refractivity contribution in [3.63, 3.8) is 0 Å². The number of rotatable bonds is 4. The predicted molar refractivity (Wildman–Crippen MR) is 51.0 cm³/mol. The number of nitrogens with two attached hydrogens (primary N) is 1.